The number of thioether (sulfide) groups is 1. The van der Waals surface area contributed by atoms with Crippen molar-refractivity contribution in [3.05, 3.63) is 47.5 Å². The van der Waals surface area contributed by atoms with Crippen LogP contribution in [0.2, 0.25) is 0 Å². The van der Waals surface area contributed by atoms with Gasteiger partial charge in [0.25, 0.3) is 0 Å². The summed E-state index contributed by atoms with van der Waals surface area (Å²) in [6.07, 6.45) is 0. The van der Waals surface area contributed by atoms with Gasteiger partial charge in [0.15, 0.2) is 23.1 Å². The van der Waals surface area contributed by atoms with E-state index >= 15 is 0 Å². The Kier molecular flexibility index (Phi) is 7.08. The Bertz CT molecular complexity index is 761. The molecule has 0 aliphatic carbocycles. The van der Waals surface area contributed by atoms with E-state index in [1.54, 1.807) is 12.1 Å². The largest absolute Gasteiger partial charge is 0.493 e. The predicted molar refractivity (Wildman–Crippen MR) is 95.0 cm³/mol. The summed E-state index contributed by atoms with van der Waals surface area (Å²) in [5.41, 5.74) is 0.769. The van der Waals surface area contributed by atoms with Gasteiger partial charge in [-0.25, -0.2) is 8.78 Å². The summed E-state index contributed by atoms with van der Waals surface area (Å²) in [6.45, 7) is 0.258. The molecule has 0 saturated carbocycles. The van der Waals surface area contributed by atoms with E-state index < -0.39 is 11.6 Å². The molecule has 2 aromatic carbocycles. The van der Waals surface area contributed by atoms with Crippen molar-refractivity contribution in [3.63, 3.8) is 0 Å². The van der Waals surface area contributed by atoms with Gasteiger partial charge in [0.05, 0.1) is 27.1 Å². The molecule has 0 unspecified atom stereocenters. The predicted octanol–water partition coefficient (Wildman–Crippen LogP) is 3.40. The van der Waals surface area contributed by atoms with E-state index in [1.165, 1.54) is 27.4 Å². The molecule has 0 fully saturated rings. The molecule has 1 N–H and O–H groups in total. The van der Waals surface area contributed by atoms with Crippen LogP contribution in [0.5, 0.6) is 17.2 Å². The second kappa shape index (κ2) is 9.28. The molecule has 5 nitrogen and oxygen atoms in total. The molecular formula is C18H19F2NO4S. The lowest BCUT2D eigenvalue weighted by molar-refractivity contribution is -0.118. The number of amides is 1. The normalized spacial score (nSPS) is 10.3. The van der Waals surface area contributed by atoms with E-state index in [1.807, 2.05) is 0 Å². The molecule has 0 bridgehead atoms. The highest BCUT2D eigenvalue weighted by atomic mass is 32.2. The Morgan fingerprint density at radius 2 is 1.65 bits per heavy atom. The maximum atomic E-state index is 13.2. The summed E-state index contributed by atoms with van der Waals surface area (Å²) in [6, 6.07) is 7.00. The summed E-state index contributed by atoms with van der Waals surface area (Å²) < 4.78 is 41.8. The number of rotatable bonds is 8. The first kappa shape index (κ1) is 19.8. The molecule has 0 aliphatic heterocycles. The number of carbonyl (C=O) groups excluding carboxylic acids is 1. The van der Waals surface area contributed by atoms with Crippen LogP contribution in [0.25, 0.3) is 0 Å². The zero-order chi connectivity index (χ0) is 19.1. The van der Waals surface area contributed by atoms with Crippen LogP contribution in [0.1, 0.15) is 5.56 Å². The summed E-state index contributed by atoms with van der Waals surface area (Å²) in [4.78, 5) is 12.5. The fraction of sp³-hybridized carbons (Fsp3) is 0.278. The van der Waals surface area contributed by atoms with Gasteiger partial charge in [-0.15, -0.1) is 11.8 Å². The molecule has 140 valence electrons. The Morgan fingerprint density at radius 1 is 1.00 bits per heavy atom. The first-order valence-corrected chi connectivity index (χ1v) is 8.60. The van der Waals surface area contributed by atoms with E-state index in [0.29, 0.717) is 22.1 Å². The molecule has 1 amide bonds. The van der Waals surface area contributed by atoms with Crippen LogP contribution < -0.4 is 19.5 Å². The number of benzene rings is 2. The number of ether oxygens (including phenoxy) is 3. The molecule has 2 aromatic rings. The number of hydrogen-bond donors (Lipinski definition) is 1. The minimum atomic E-state index is -0.937. The lowest BCUT2D eigenvalue weighted by atomic mass is 10.2. The van der Waals surface area contributed by atoms with Gasteiger partial charge in [0.1, 0.15) is 0 Å². The standard InChI is InChI=1S/C18H19F2NO4S/c1-23-15-6-11(7-16(24-2)18(15)25-3)9-21-17(22)10-26-12-4-5-13(19)14(20)8-12/h4-8H,9-10H2,1-3H3,(H,21,22). The number of nitrogens with one attached hydrogen (secondary N) is 1. The molecule has 0 heterocycles. The van der Waals surface area contributed by atoms with Gasteiger partial charge in [0, 0.05) is 11.4 Å². The van der Waals surface area contributed by atoms with E-state index in [4.69, 9.17) is 14.2 Å². The second-order valence-electron chi connectivity index (χ2n) is 5.17. The van der Waals surface area contributed by atoms with Crippen LogP contribution in [0.3, 0.4) is 0 Å². The van der Waals surface area contributed by atoms with Gasteiger partial charge >= 0.3 is 0 Å². The molecular weight excluding hydrogens is 364 g/mol. The third-order valence-corrected chi connectivity index (χ3v) is 4.47. The second-order valence-corrected chi connectivity index (χ2v) is 6.22. The maximum Gasteiger partial charge on any atom is 0.230 e. The number of methoxy groups -OCH3 is 3. The smallest absolute Gasteiger partial charge is 0.230 e. The first-order valence-electron chi connectivity index (χ1n) is 7.62. The first-order chi connectivity index (χ1) is 12.5. The molecule has 26 heavy (non-hydrogen) atoms. The van der Waals surface area contributed by atoms with Gasteiger partial charge < -0.3 is 19.5 Å². The Morgan fingerprint density at radius 3 is 2.19 bits per heavy atom. The fourth-order valence-corrected chi connectivity index (χ4v) is 2.96. The van der Waals surface area contributed by atoms with Crippen molar-refractivity contribution in [1.82, 2.24) is 5.32 Å². The molecule has 2 rings (SSSR count). The number of carbonyl (C=O) groups is 1. The van der Waals surface area contributed by atoms with E-state index in [9.17, 15) is 13.6 Å². The monoisotopic (exact) mass is 383 g/mol. The average molecular weight is 383 g/mol. The van der Waals surface area contributed by atoms with Crippen molar-refractivity contribution in [3.8, 4) is 17.2 Å². The minimum Gasteiger partial charge on any atom is -0.493 e. The van der Waals surface area contributed by atoms with Crippen molar-refractivity contribution in [2.45, 2.75) is 11.4 Å². The van der Waals surface area contributed by atoms with Crippen LogP contribution in [0.15, 0.2) is 35.2 Å². The minimum absolute atomic E-state index is 0.0789. The average Bonchev–Trinajstić information content (AvgIpc) is 2.66. The van der Waals surface area contributed by atoms with E-state index in [0.717, 1.165) is 29.5 Å². The van der Waals surface area contributed by atoms with Crippen LogP contribution >= 0.6 is 11.8 Å². The third-order valence-electron chi connectivity index (χ3n) is 3.48. The molecule has 8 heteroatoms. The highest BCUT2D eigenvalue weighted by molar-refractivity contribution is 8.00. The lowest BCUT2D eigenvalue weighted by Crippen LogP contribution is -2.24. The summed E-state index contributed by atoms with van der Waals surface area (Å²) in [5.74, 6) is -0.559. The van der Waals surface area contributed by atoms with Gasteiger partial charge in [-0.05, 0) is 35.9 Å². The van der Waals surface area contributed by atoms with Crippen molar-refractivity contribution < 1.29 is 27.8 Å². The summed E-state index contributed by atoms with van der Waals surface area (Å²) >= 11 is 1.12. The van der Waals surface area contributed by atoms with Gasteiger partial charge in [-0.3, -0.25) is 4.79 Å². The van der Waals surface area contributed by atoms with Crippen molar-refractivity contribution in [2.75, 3.05) is 27.1 Å². The molecule has 0 atom stereocenters. The van der Waals surface area contributed by atoms with Gasteiger partial charge in [0.2, 0.25) is 11.7 Å². The summed E-state index contributed by atoms with van der Waals surface area (Å²) in [7, 11) is 4.54. The Hall–Kier alpha value is -2.48. The van der Waals surface area contributed by atoms with Crippen LogP contribution in [0, 0.1) is 11.6 Å². The quantitative estimate of drug-likeness (QED) is 0.708. The van der Waals surface area contributed by atoms with E-state index in [2.05, 4.69) is 5.32 Å². The molecule has 0 aromatic heterocycles. The molecule has 0 saturated heterocycles. The van der Waals surface area contributed by atoms with Crippen LogP contribution in [-0.2, 0) is 11.3 Å². The number of halogens is 2. The number of hydrogen-bond acceptors (Lipinski definition) is 5. The van der Waals surface area contributed by atoms with Crippen LogP contribution in [0.4, 0.5) is 8.78 Å². The topological polar surface area (TPSA) is 56.8 Å². The highest BCUT2D eigenvalue weighted by Crippen LogP contribution is 2.38. The van der Waals surface area contributed by atoms with E-state index in [-0.39, 0.29) is 18.2 Å². The molecule has 0 radical (unpaired) electrons. The Balaban J connectivity index is 1.95. The zero-order valence-electron chi connectivity index (χ0n) is 14.6. The molecule has 0 aliphatic rings. The Labute approximate surface area is 154 Å². The van der Waals surface area contributed by atoms with Gasteiger partial charge in [-0.2, -0.15) is 0 Å². The highest BCUT2D eigenvalue weighted by Gasteiger charge is 2.13. The third kappa shape index (κ3) is 5.01. The van der Waals surface area contributed by atoms with Crippen molar-refractivity contribution >= 4 is 17.7 Å². The SMILES string of the molecule is COc1cc(CNC(=O)CSc2ccc(F)c(F)c2)cc(OC)c1OC. The van der Waals surface area contributed by atoms with Crippen LogP contribution in [-0.4, -0.2) is 33.0 Å². The van der Waals surface area contributed by atoms with Crippen molar-refractivity contribution in [1.29, 1.82) is 0 Å². The van der Waals surface area contributed by atoms with Gasteiger partial charge in [-0.1, -0.05) is 0 Å². The van der Waals surface area contributed by atoms with Crippen molar-refractivity contribution in [2.24, 2.45) is 0 Å². The molecule has 0 spiro atoms. The zero-order valence-corrected chi connectivity index (χ0v) is 15.4. The fourth-order valence-electron chi connectivity index (χ4n) is 2.20. The maximum absolute atomic E-state index is 13.2. The lowest BCUT2D eigenvalue weighted by Gasteiger charge is -2.14. The summed E-state index contributed by atoms with van der Waals surface area (Å²) in [5, 5.41) is 2.76.